The van der Waals surface area contributed by atoms with Crippen LogP contribution in [0.2, 0.25) is 0 Å². The van der Waals surface area contributed by atoms with Crippen molar-refractivity contribution >= 4 is 5.97 Å². The highest BCUT2D eigenvalue weighted by molar-refractivity contribution is 5.69. The van der Waals surface area contributed by atoms with Gasteiger partial charge in [-0.05, 0) is 43.9 Å². The van der Waals surface area contributed by atoms with E-state index in [-0.39, 0.29) is 17.8 Å². The maximum atomic E-state index is 13.1. The number of carboxylic acid groups (broad SMARTS) is 1. The molecule has 0 aromatic heterocycles. The van der Waals surface area contributed by atoms with E-state index in [1.165, 1.54) is 12.1 Å². The molecule has 0 bridgehead atoms. The lowest BCUT2D eigenvalue weighted by Gasteiger charge is -2.46. The van der Waals surface area contributed by atoms with Crippen LogP contribution in [0, 0.1) is 5.82 Å². The summed E-state index contributed by atoms with van der Waals surface area (Å²) in [5.74, 6) is -1.13. The summed E-state index contributed by atoms with van der Waals surface area (Å²) in [5.41, 5.74) is 0.106. The molecule has 0 saturated carbocycles. The van der Waals surface area contributed by atoms with Crippen LogP contribution < -0.4 is 0 Å². The van der Waals surface area contributed by atoms with E-state index in [1.807, 2.05) is 13.8 Å². The maximum Gasteiger partial charge on any atom is 0.304 e. The highest BCUT2D eigenvalue weighted by atomic mass is 19.1. The van der Waals surface area contributed by atoms with Crippen LogP contribution in [-0.2, 0) is 14.9 Å². The number of hydrogen-bond donors (Lipinski definition) is 1. The average Bonchev–Trinajstić information content (AvgIpc) is 2.38. The van der Waals surface area contributed by atoms with Crippen molar-refractivity contribution in [2.45, 2.75) is 50.5 Å². The van der Waals surface area contributed by atoms with E-state index in [1.54, 1.807) is 12.1 Å². The molecule has 1 saturated heterocycles. The fourth-order valence-electron chi connectivity index (χ4n) is 3.17. The van der Waals surface area contributed by atoms with Crippen LogP contribution in [0.3, 0.4) is 0 Å². The number of halogens is 1. The minimum atomic E-state index is -0.824. The summed E-state index contributed by atoms with van der Waals surface area (Å²) in [6, 6.07) is 6.22. The van der Waals surface area contributed by atoms with Gasteiger partial charge >= 0.3 is 5.97 Å². The van der Waals surface area contributed by atoms with Gasteiger partial charge in [-0.15, -0.1) is 0 Å². The van der Waals surface area contributed by atoms with E-state index in [0.717, 1.165) is 12.0 Å². The van der Waals surface area contributed by atoms with Gasteiger partial charge < -0.3 is 9.84 Å². The van der Waals surface area contributed by atoms with Crippen LogP contribution in [0.4, 0.5) is 4.39 Å². The normalized spacial score (nSPS) is 30.1. The van der Waals surface area contributed by atoms with Gasteiger partial charge in [0.05, 0.1) is 12.0 Å². The molecule has 0 spiro atoms. The van der Waals surface area contributed by atoms with Gasteiger partial charge in [0.2, 0.25) is 0 Å². The van der Waals surface area contributed by atoms with Crippen LogP contribution in [0.15, 0.2) is 24.3 Å². The predicted octanol–water partition coefficient (Wildman–Crippen LogP) is 3.52. The number of rotatable bonds is 4. The summed E-state index contributed by atoms with van der Waals surface area (Å²) < 4.78 is 18.9. The molecule has 1 aromatic carbocycles. The van der Waals surface area contributed by atoms with E-state index >= 15 is 0 Å². The molecule has 0 aliphatic carbocycles. The smallest absolute Gasteiger partial charge is 0.304 e. The molecule has 1 N–H and O–H groups in total. The maximum absolute atomic E-state index is 13.1. The Labute approximate surface area is 118 Å². The molecule has 4 heteroatoms. The van der Waals surface area contributed by atoms with Crippen LogP contribution in [0.25, 0.3) is 0 Å². The highest BCUT2D eigenvalue weighted by Crippen LogP contribution is 2.45. The van der Waals surface area contributed by atoms with Gasteiger partial charge in [0, 0.05) is 12.0 Å². The molecule has 2 atom stereocenters. The van der Waals surface area contributed by atoms with E-state index in [2.05, 4.69) is 0 Å². The summed E-state index contributed by atoms with van der Waals surface area (Å²) >= 11 is 0. The van der Waals surface area contributed by atoms with Gasteiger partial charge in [-0.25, -0.2) is 4.39 Å². The standard InChI is InChI=1S/C16H21FO3/c1-3-15(2)11-16(8-9-20-15,10-14(18)19)12-4-6-13(17)7-5-12/h4-7H,3,8-11H2,1-2H3,(H,18,19)/t15-,16+/m1/s1. The Hall–Kier alpha value is -1.42. The largest absolute Gasteiger partial charge is 0.481 e. The minimum Gasteiger partial charge on any atom is -0.481 e. The summed E-state index contributed by atoms with van der Waals surface area (Å²) in [6.45, 7) is 4.60. The van der Waals surface area contributed by atoms with Gasteiger partial charge in [-0.2, -0.15) is 0 Å². The van der Waals surface area contributed by atoms with Gasteiger partial charge in [0.1, 0.15) is 5.82 Å². The Morgan fingerprint density at radius 3 is 2.60 bits per heavy atom. The summed E-state index contributed by atoms with van der Waals surface area (Å²) in [4.78, 5) is 11.3. The van der Waals surface area contributed by atoms with Crippen LogP contribution >= 0.6 is 0 Å². The van der Waals surface area contributed by atoms with Crippen molar-refractivity contribution in [2.24, 2.45) is 0 Å². The van der Waals surface area contributed by atoms with Gasteiger partial charge in [-0.1, -0.05) is 19.1 Å². The van der Waals surface area contributed by atoms with Crippen LogP contribution in [-0.4, -0.2) is 23.3 Å². The molecule has 1 aromatic rings. The van der Waals surface area contributed by atoms with Crippen molar-refractivity contribution in [1.29, 1.82) is 0 Å². The number of carbonyl (C=O) groups is 1. The third-order valence-electron chi connectivity index (χ3n) is 4.44. The first-order chi connectivity index (χ1) is 9.39. The van der Waals surface area contributed by atoms with Crippen molar-refractivity contribution in [3.8, 4) is 0 Å². The monoisotopic (exact) mass is 280 g/mol. The van der Waals surface area contributed by atoms with Crippen LogP contribution in [0.5, 0.6) is 0 Å². The molecule has 20 heavy (non-hydrogen) atoms. The molecule has 1 aliphatic heterocycles. The second-order valence-electron chi connectivity index (χ2n) is 5.94. The Morgan fingerprint density at radius 2 is 2.05 bits per heavy atom. The molecular weight excluding hydrogens is 259 g/mol. The van der Waals surface area contributed by atoms with E-state index in [9.17, 15) is 14.3 Å². The van der Waals surface area contributed by atoms with Crippen molar-refractivity contribution in [1.82, 2.24) is 0 Å². The summed E-state index contributed by atoms with van der Waals surface area (Å²) in [6.07, 6.45) is 2.18. The topological polar surface area (TPSA) is 46.5 Å². The van der Waals surface area contributed by atoms with Gasteiger partial charge in [0.25, 0.3) is 0 Å². The number of aliphatic carboxylic acids is 1. The molecule has 1 aliphatic rings. The summed E-state index contributed by atoms with van der Waals surface area (Å²) in [7, 11) is 0. The van der Waals surface area contributed by atoms with Crippen molar-refractivity contribution in [3.63, 3.8) is 0 Å². The highest BCUT2D eigenvalue weighted by Gasteiger charge is 2.44. The molecule has 0 unspecified atom stereocenters. The van der Waals surface area contributed by atoms with Gasteiger partial charge in [-0.3, -0.25) is 4.79 Å². The molecule has 1 fully saturated rings. The second-order valence-corrected chi connectivity index (χ2v) is 5.94. The molecule has 3 nitrogen and oxygen atoms in total. The quantitative estimate of drug-likeness (QED) is 0.918. The first-order valence-corrected chi connectivity index (χ1v) is 7.01. The fourth-order valence-corrected chi connectivity index (χ4v) is 3.17. The van der Waals surface area contributed by atoms with Crippen molar-refractivity contribution in [2.75, 3.05) is 6.61 Å². The van der Waals surface area contributed by atoms with Gasteiger partial charge in [0.15, 0.2) is 0 Å². The second kappa shape index (κ2) is 5.52. The van der Waals surface area contributed by atoms with E-state index in [0.29, 0.717) is 19.4 Å². The zero-order chi connectivity index (χ0) is 14.8. The number of benzene rings is 1. The third kappa shape index (κ3) is 3.01. The predicted molar refractivity (Wildman–Crippen MR) is 74.2 cm³/mol. The Balaban J connectivity index is 2.39. The number of carboxylic acids is 1. The average molecular weight is 280 g/mol. The SMILES string of the molecule is CC[C@]1(C)C[C@](CC(=O)O)(c2ccc(F)cc2)CCO1. The molecule has 0 radical (unpaired) electrons. The van der Waals surface area contributed by atoms with Crippen molar-refractivity contribution in [3.05, 3.63) is 35.6 Å². The zero-order valence-electron chi connectivity index (χ0n) is 12.0. The van der Waals surface area contributed by atoms with Crippen LogP contribution in [0.1, 0.15) is 45.1 Å². The van der Waals surface area contributed by atoms with E-state index < -0.39 is 11.4 Å². The molecule has 110 valence electrons. The first kappa shape index (κ1) is 15.0. The minimum absolute atomic E-state index is 0.0532. The van der Waals surface area contributed by atoms with E-state index in [4.69, 9.17) is 4.74 Å². The molecular formula is C16H21FO3. The lowest BCUT2D eigenvalue weighted by atomic mass is 9.66. The molecule has 0 amide bonds. The lowest BCUT2D eigenvalue weighted by Crippen LogP contribution is -2.46. The molecule has 2 rings (SSSR count). The third-order valence-corrected chi connectivity index (χ3v) is 4.44. The summed E-state index contributed by atoms with van der Waals surface area (Å²) in [5, 5.41) is 9.27. The fraction of sp³-hybridized carbons (Fsp3) is 0.562. The Kier molecular flexibility index (Phi) is 4.14. The molecule has 1 heterocycles. The number of hydrogen-bond acceptors (Lipinski definition) is 2. The Morgan fingerprint density at radius 1 is 1.40 bits per heavy atom. The number of ether oxygens (including phenoxy) is 1. The van der Waals surface area contributed by atoms with Crippen molar-refractivity contribution < 1.29 is 19.0 Å². The lowest BCUT2D eigenvalue weighted by molar-refractivity contribution is -0.143. The zero-order valence-corrected chi connectivity index (χ0v) is 12.0. The Bertz CT molecular complexity index is 485. The first-order valence-electron chi connectivity index (χ1n) is 7.01.